The molecule has 0 N–H and O–H groups in total. The molecule has 0 radical (unpaired) electrons. The maximum absolute atomic E-state index is 12.1. The van der Waals surface area contributed by atoms with Crippen molar-refractivity contribution in [2.45, 2.75) is 20.3 Å². The Kier molecular flexibility index (Phi) is 5.39. The standard InChI is InChI=1S/C17H17BrO3/c1-3-10-20-15-7-4-13(5-8-15)17(19)21-16-9-6-14(18)11-12(16)2/h4-9,11H,3,10H2,1-2H3. The molecule has 2 rings (SSSR count). The van der Waals surface area contributed by atoms with E-state index in [1.54, 1.807) is 30.3 Å². The number of carbonyl (C=O) groups is 1. The number of hydrogen-bond donors (Lipinski definition) is 0. The molecule has 0 saturated carbocycles. The molecular weight excluding hydrogens is 332 g/mol. The zero-order valence-electron chi connectivity index (χ0n) is 12.1. The first-order valence-corrected chi connectivity index (χ1v) is 7.60. The molecule has 2 aromatic rings. The van der Waals surface area contributed by atoms with Crippen molar-refractivity contribution in [2.75, 3.05) is 6.61 Å². The normalized spacial score (nSPS) is 10.2. The van der Waals surface area contributed by atoms with E-state index in [9.17, 15) is 4.79 Å². The first-order chi connectivity index (χ1) is 10.1. The van der Waals surface area contributed by atoms with Crippen LogP contribution in [0.3, 0.4) is 0 Å². The van der Waals surface area contributed by atoms with Crippen LogP contribution in [0.4, 0.5) is 0 Å². The molecule has 0 aliphatic heterocycles. The molecule has 0 aliphatic rings. The van der Waals surface area contributed by atoms with Gasteiger partial charge in [0.05, 0.1) is 12.2 Å². The van der Waals surface area contributed by atoms with E-state index in [2.05, 4.69) is 15.9 Å². The summed E-state index contributed by atoms with van der Waals surface area (Å²) in [7, 11) is 0. The lowest BCUT2D eigenvalue weighted by Crippen LogP contribution is -2.09. The van der Waals surface area contributed by atoms with Crippen LogP contribution in [0.25, 0.3) is 0 Å². The molecule has 0 heterocycles. The number of rotatable bonds is 5. The van der Waals surface area contributed by atoms with E-state index in [1.807, 2.05) is 26.0 Å². The van der Waals surface area contributed by atoms with Crippen molar-refractivity contribution >= 4 is 21.9 Å². The van der Waals surface area contributed by atoms with E-state index in [4.69, 9.17) is 9.47 Å². The Balaban J connectivity index is 2.06. The van der Waals surface area contributed by atoms with Crippen molar-refractivity contribution in [3.8, 4) is 11.5 Å². The van der Waals surface area contributed by atoms with Crippen LogP contribution in [0.1, 0.15) is 29.3 Å². The first kappa shape index (κ1) is 15.6. The second kappa shape index (κ2) is 7.27. The average molecular weight is 349 g/mol. The second-order valence-corrected chi connectivity index (χ2v) is 5.59. The van der Waals surface area contributed by atoms with Crippen LogP contribution >= 0.6 is 15.9 Å². The third-order valence-electron chi connectivity index (χ3n) is 2.90. The largest absolute Gasteiger partial charge is 0.494 e. The van der Waals surface area contributed by atoms with Gasteiger partial charge in [0, 0.05) is 4.47 Å². The van der Waals surface area contributed by atoms with Gasteiger partial charge in [0.15, 0.2) is 0 Å². The SMILES string of the molecule is CCCOc1ccc(C(=O)Oc2ccc(Br)cc2C)cc1. The van der Waals surface area contributed by atoms with E-state index in [1.165, 1.54) is 0 Å². The number of halogens is 1. The van der Waals surface area contributed by atoms with Gasteiger partial charge < -0.3 is 9.47 Å². The van der Waals surface area contributed by atoms with Crippen molar-refractivity contribution in [1.29, 1.82) is 0 Å². The van der Waals surface area contributed by atoms with Crippen LogP contribution in [0.15, 0.2) is 46.9 Å². The Labute approximate surface area is 133 Å². The molecule has 0 unspecified atom stereocenters. The van der Waals surface area contributed by atoms with Gasteiger partial charge in [-0.25, -0.2) is 4.79 Å². The lowest BCUT2D eigenvalue weighted by atomic mass is 10.2. The number of carbonyl (C=O) groups excluding carboxylic acids is 1. The van der Waals surface area contributed by atoms with Gasteiger partial charge >= 0.3 is 5.97 Å². The summed E-state index contributed by atoms with van der Waals surface area (Å²) in [5.74, 6) is 0.949. The van der Waals surface area contributed by atoms with Gasteiger partial charge in [-0.05, 0) is 61.4 Å². The highest BCUT2D eigenvalue weighted by atomic mass is 79.9. The average Bonchev–Trinajstić information content (AvgIpc) is 2.48. The van der Waals surface area contributed by atoms with E-state index in [0.29, 0.717) is 17.9 Å². The molecule has 21 heavy (non-hydrogen) atoms. The van der Waals surface area contributed by atoms with E-state index in [0.717, 1.165) is 22.2 Å². The Morgan fingerprint density at radius 1 is 1.14 bits per heavy atom. The molecule has 4 heteroatoms. The topological polar surface area (TPSA) is 35.5 Å². The maximum atomic E-state index is 12.1. The highest BCUT2D eigenvalue weighted by molar-refractivity contribution is 9.10. The zero-order valence-corrected chi connectivity index (χ0v) is 13.6. The maximum Gasteiger partial charge on any atom is 0.343 e. The number of esters is 1. The molecule has 0 bridgehead atoms. The fraction of sp³-hybridized carbons (Fsp3) is 0.235. The summed E-state index contributed by atoms with van der Waals surface area (Å²) in [6, 6.07) is 12.5. The van der Waals surface area contributed by atoms with Gasteiger partial charge in [-0.3, -0.25) is 0 Å². The predicted octanol–water partition coefficient (Wildman–Crippen LogP) is 4.77. The molecule has 0 aliphatic carbocycles. The molecule has 0 spiro atoms. The Morgan fingerprint density at radius 2 is 1.86 bits per heavy atom. The van der Waals surface area contributed by atoms with Gasteiger partial charge in [0.25, 0.3) is 0 Å². The Bertz CT molecular complexity index is 620. The third-order valence-corrected chi connectivity index (χ3v) is 3.40. The van der Waals surface area contributed by atoms with E-state index in [-0.39, 0.29) is 5.97 Å². The first-order valence-electron chi connectivity index (χ1n) is 6.81. The Morgan fingerprint density at radius 3 is 2.48 bits per heavy atom. The van der Waals surface area contributed by atoms with E-state index < -0.39 is 0 Å². The van der Waals surface area contributed by atoms with Crippen molar-refractivity contribution in [3.63, 3.8) is 0 Å². The van der Waals surface area contributed by atoms with Crippen molar-refractivity contribution in [2.24, 2.45) is 0 Å². The Hall–Kier alpha value is -1.81. The quantitative estimate of drug-likeness (QED) is 0.576. The zero-order chi connectivity index (χ0) is 15.2. The predicted molar refractivity (Wildman–Crippen MR) is 86.1 cm³/mol. The minimum absolute atomic E-state index is 0.373. The lowest BCUT2D eigenvalue weighted by Gasteiger charge is -2.08. The number of hydrogen-bond acceptors (Lipinski definition) is 3. The fourth-order valence-corrected chi connectivity index (χ4v) is 2.27. The van der Waals surface area contributed by atoms with Gasteiger partial charge in [-0.2, -0.15) is 0 Å². The third kappa shape index (κ3) is 4.33. The molecule has 0 amide bonds. The monoisotopic (exact) mass is 348 g/mol. The van der Waals surface area contributed by atoms with Gasteiger partial charge in [-0.15, -0.1) is 0 Å². The van der Waals surface area contributed by atoms with Gasteiger partial charge in [0.2, 0.25) is 0 Å². The van der Waals surface area contributed by atoms with Crippen molar-refractivity contribution in [3.05, 3.63) is 58.1 Å². The van der Waals surface area contributed by atoms with Gasteiger partial charge in [-0.1, -0.05) is 22.9 Å². The molecule has 0 fully saturated rings. The second-order valence-electron chi connectivity index (χ2n) is 4.67. The summed E-state index contributed by atoms with van der Waals surface area (Å²) in [5.41, 5.74) is 1.40. The summed E-state index contributed by atoms with van der Waals surface area (Å²) in [6.45, 7) is 4.61. The number of benzene rings is 2. The minimum atomic E-state index is -0.373. The summed E-state index contributed by atoms with van der Waals surface area (Å²) in [5, 5.41) is 0. The van der Waals surface area contributed by atoms with Crippen LogP contribution in [0, 0.1) is 6.92 Å². The molecule has 110 valence electrons. The fourth-order valence-electron chi connectivity index (χ4n) is 1.79. The van der Waals surface area contributed by atoms with Crippen LogP contribution in [0.2, 0.25) is 0 Å². The smallest absolute Gasteiger partial charge is 0.343 e. The summed E-state index contributed by atoms with van der Waals surface area (Å²) in [4.78, 5) is 12.1. The molecular formula is C17H17BrO3. The molecule has 2 aromatic carbocycles. The number of ether oxygens (including phenoxy) is 2. The van der Waals surface area contributed by atoms with Crippen LogP contribution < -0.4 is 9.47 Å². The van der Waals surface area contributed by atoms with Crippen LogP contribution in [-0.2, 0) is 0 Å². The highest BCUT2D eigenvalue weighted by Gasteiger charge is 2.10. The summed E-state index contributed by atoms with van der Waals surface area (Å²) >= 11 is 3.38. The van der Waals surface area contributed by atoms with Crippen LogP contribution in [-0.4, -0.2) is 12.6 Å². The highest BCUT2D eigenvalue weighted by Crippen LogP contribution is 2.23. The molecule has 0 saturated heterocycles. The number of aryl methyl sites for hydroxylation is 1. The molecule has 0 aromatic heterocycles. The molecule has 0 atom stereocenters. The molecule has 3 nitrogen and oxygen atoms in total. The summed E-state index contributed by atoms with van der Waals surface area (Å²) < 4.78 is 11.8. The summed E-state index contributed by atoms with van der Waals surface area (Å²) in [6.07, 6.45) is 0.951. The van der Waals surface area contributed by atoms with Gasteiger partial charge in [0.1, 0.15) is 11.5 Å². The van der Waals surface area contributed by atoms with Crippen molar-refractivity contribution < 1.29 is 14.3 Å². The van der Waals surface area contributed by atoms with Crippen LogP contribution in [0.5, 0.6) is 11.5 Å². The minimum Gasteiger partial charge on any atom is -0.494 e. The van der Waals surface area contributed by atoms with E-state index >= 15 is 0 Å². The lowest BCUT2D eigenvalue weighted by molar-refractivity contribution is 0.0733. The van der Waals surface area contributed by atoms with Crippen molar-refractivity contribution in [1.82, 2.24) is 0 Å².